The van der Waals surface area contributed by atoms with Crippen LogP contribution in [0.3, 0.4) is 0 Å². The van der Waals surface area contributed by atoms with Gasteiger partial charge < -0.3 is 14.9 Å². The van der Waals surface area contributed by atoms with Crippen molar-refractivity contribution in [2.24, 2.45) is 17.8 Å². The second-order valence-electron chi connectivity index (χ2n) is 7.42. The molecular formula is C20H26N2O4. The maximum absolute atomic E-state index is 12.8. The Bertz CT molecular complexity index is 700. The van der Waals surface area contributed by atoms with Gasteiger partial charge >= 0.3 is 5.97 Å². The molecule has 0 aliphatic carbocycles. The molecule has 2 aliphatic heterocycles. The number of carboxylic acids is 1. The number of carbonyl (C=O) groups is 3. The van der Waals surface area contributed by atoms with Crippen LogP contribution in [0.4, 0.5) is 5.69 Å². The van der Waals surface area contributed by atoms with Gasteiger partial charge in [-0.25, -0.2) is 0 Å². The van der Waals surface area contributed by atoms with Crippen molar-refractivity contribution in [2.45, 2.75) is 33.1 Å². The molecule has 26 heavy (non-hydrogen) atoms. The van der Waals surface area contributed by atoms with Gasteiger partial charge in [0.2, 0.25) is 11.8 Å². The summed E-state index contributed by atoms with van der Waals surface area (Å²) in [6, 6.07) is 7.89. The molecule has 140 valence electrons. The van der Waals surface area contributed by atoms with Crippen LogP contribution in [0.25, 0.3) is 0 Å². The van der Waals surface area contributed by atoms with Crippen LogP contribution in [0.1, 0.15) is 32.3 Å². The van der Waals surface area contributed by atoms with Gasteiger partial charge in [-0.1, -0.05) is 26.0 Å². The number of aliphatic carboxylic acids is 1. The van der Waals surface area contributed by atoms with Gasteiger partial charge in [0.15, 0.2) is 0 Å². The smallest absolute Gasteiger partial charge is 0.306 e. The van der Waals surface area contributed by atoms with E-state index in [1.54, 1.807) is 9.80 Å². The summed E-state index contributed by atoms with van der Waals surface area (Å²) >= 11 is 0. The summed E-state index contributed by atoms with van der Waals surface area (Å²) in [5.41, 5.74) is 2.05. The summed E-state index contributed by atoms with van der Waals surface area (Å²) in [4.78, 5) is 39.9. The van der Waals surface area contributed by atoms with Crippen molar-refractivity contribution in [1.82, 2.24) is 4.90 Å². The van der Waals surface area contributed by atoms with Crippen molar-refractivity contribution in [1.29, 1.82) is 0 Å². The lowest BCUT2D eigenvalue weighted by Gasteiger charge is -2.36. The number of hydrogen-bond acceptors (Lipinski definition) is 3. The number of likely N-dealkylation sites (tertiary alicyclic amines) is 1. The lowest BCUT2D eigenvalue weighted by molar-refractivity contribution is -0.149. The molecule has 2 heterocycles. The van der Waals surface area contributed by atoms with Crippen molar-refractivity contribution >= 4 is 23.5 Å². The molecule has 0 bridgehead atoms. The zero-order chi connectivity index (χ0) is 18.8. The van der Waals surface area contributed by atoms with E-state index in [1.165, 1.54) is 5.56 Å². The third kappa shape index (κ3) is 3.59. The summed E-state index contributed by atoms with van der Waals surface area (Å²) in [6.45, 7) is 5.26. The monoisotopic (exact) mass is 358 g/mol. The zero-order valence-electron chi connectivity index (χ0n) is 15.4. The molecule has 0 saturated carbocycles. The first-order valence-corrected chi connectivity index (χ1v) is 9.31. The molecule has 2 amide bonds. The third-order valence-corrected chi connectivity index (χ3v) is 5.66. The van der Waals surface area contributed by atoms with Crippen LogP contribution < -0.4 is 4.90 Å². The normalized spacial score (nSPS) is 26.2. The number of piperidine rings is 1. The van der Waals surface area contributed by atoms with Gasteiger partial charge in [-0.05, 0) is 36.5 Å². The minimum Gasteiger partial charge on any atom is -0.481 e. The van der Waals surface area contributed by atoms with Gasteiger partial charge in [0.1, 0.15) is 0 Å². The van der Waals surface area contributed by atoms with Crippen molar-refractivity contribution < 1.29 is 19.5 Å². The van der Waals surface area contributed by atoms with E-state index in [9.17, 15) is 19.5 Å². The first-order chi connectivity index (χ1) is 12.4. The maximum Gasteiger partial charge on any atom is 0.306 e. The van der Waals surface area contributed by atoms with Crippen LogP contribution in [0.2, 0.25) is 0 Å². The fourth-order valence-electron chi connectivity index (χ4n) is 4.00. The lowest BCUT2D eigenvalue weighted by atomic mass is 9.86. The van der Waals surface area contributed by atoms with Crippen LogP contribution in [-0.4, -0.2) is 47.4 Å². The maximum atomic E-state index is 12.8. The molecular weight excluding hydrogens is 332 g/mol. The number of carboxylic acid groups (broad SMARTS) is 1. The standard InChI is InChI=1S/C20H26N2O4/c1-3-14-4-6-16(7-5-14)22-12-15(10-18(22)23)19(24)21-9-8-17(20(25)26)13(2)11-21/h4-7,13,15,17H,3,8-12H2,1-2H3,(H,25,26). The lowest BCUT2D eigenvalue weighted by Crippen LogP contribution is -2.47. The van der Waals surface area contributed by atoms with E-state index >= 15 is 0 Å². The Hall–Kier alpha value is -2.37. The average molecular weight is 358 g/mol. The predicted molar refractivity (Wildman–Crippen MR) is 97.8 cm³/mol. The summed E-state index contributed by atoms with van der Waals surface area (Å²) in [5, 5.41) is 9.22. The van der Waals surface area contributed by atoms with E-state index in [4.69, 9.17) is 0 Å². The number of nitrogens with zero attached hydrogens (tertiary/aromatic N) is 2. The molecule has 3 rings (SSSR count). The van der Waals surface area contributed by atoms with E-state index in [0.717, 1.165) is 12.1 Å². The molecule has 0 radical (unpaired) electrons. The topological polar surface area (TPSA) is 77.9 Å². The van der Waals surface area contributed by atoms with Gasteiger partial charge in [0, 0.05) is 31.7 Å². The molecule has 2 aliphatic rings. The van der Waals surface area contributed by atoms with Crippen LogP contribution in [0, 0.1) is 17.8 Å². The van der Waals surface area contributed by atoms with Gasteiger partial charge in [0.25, 0.3) is 0 Å². The molecule has 3 unspecified atom stereocenters. The van der Waals surface area contributed by atoms with E-state index in [-0.39, 0.29) is 30.1 Å². The Morgan fingerprint density at radius 1 is 1.19 bits per heavy atom. The predicted octanol–water partition coefficient (Wildman–Crippen LogP) is 2.17. The number of benzene rings is 1. The molecule has 2 fully saturated rings. The highest BCUT2D eigenvalue weighted by molar-refractivity contribution is 6.00. The highest BCUT2D eigenvalue weighted by Gasteiger charge is 2.40. The first-order valence-electron chi connectivity index (χ1n) is 9.31. The van der Waals surface area contributed by atoms with Crippen molar-refractivity contribution in [3.05, 3.63) is 29.8 Å². The summed E-state index contributed by atoms with van der Waals surface area (Å²) in [5.74, 6) is -1.65. The molecule has 1 aromatic rings. The van der Waals surface area contributed by atoms with E-state index in [2.05, 4.69) is 6.92 Å². The molecule has 2 saturated heterocycles. The van der Waals surface area contributed by atoms with E-state index in [1.807, 2.05) is 31.2 Å². The highest BCUT2D eigenvalue weighted by Crippen LogP contribution is 2.29. The van der Waals surface area contributed by atoms with Crippen molar-refractivity contribution in [3.63, 3.8) is 0 Å². The fraction of sp³-hybridized carbons (Fsp3) is 0.550. The Balaban J connectivity index is 1.64. The molecule has 0 aromatic heterocycles. The van der Waals surface area contributed by atoms with Gasteiger partial charge in [-0.15, -0.1) is 0 Å². The molecule has 6 heteroatoms. The number of amides is 2. The van der Waals surface area contributed by atoms with Gasteiger partial charge in [-0.2, -0.15) is 0 Å². The molecule has 1 aromatic carbocycles. The molecule has 1 N–H and O–H groups in total. The molecule has 0 spiro atoms. The van der Waals surface area contributed by atoms with Crippen LogP contribution in [0.5, 0.6) is 0 Å². The average Bonchev–Trinajstić information content (AvgIpc) is 3.02. The number of anilines is 1. The minimum absolute atomic E-state index is 0.0262. The van der Waals surface area contributed by atoms with Crippen molar-refractivity contribution in [3.8, 4) is 0 Å². The van der Waals surface area contributed by atoms with Gasteiger partial charge in [-0.3, -0.25) is 14.4 Å². The Kier molecular flexibility index (Phi) is 5.30. The number of aryl methyl sites for hydroxylation is 1. The Labute approximate surface area is 153 Å². The Morgan fingerprint density at radius 3 is 2.46 bits per heavy atom. The SMILES string of the molecule is CCc1ccc(N2CC(C(=O)N3CCC(C(=O)O)C(C)C3)CC2=O)cc1. The molecule has 6 nitrogen and oxygen atoms in total. The fourth-order valence-corrected chi connectivity index (χ4v) is 4.00. The quantitative estimate of drug-likeness (QED) is 0.895. The number of hydrogen-bond donors (Lipinski definition) is 1. The molecule has 3 atom stereocenters. The largest absolute Gasteiger partial charge is 0.481 e. The van der Waals surface area contributed by atoms with E-state index < -0.39 is 11.9 Å². The van der Waals surface area contributed by atoms with Crippen LogP contribution in [-0.2, 0) is 20.8 Å². The number of rotatable bonds is 4. The minimum atomic E-state index is -0.789. The first kappa shape index (κ1) is 18.4. The zero-order valence-corrected chi connectivity index (χ0v) is 15.4. The van der Waals surface area contributed by atoms with Crippen LogP contribution in [0.15, 0.2) is 24.3 Å². The summed E-state index contributed by atoms with van der Waals surface area (Å²) in [7, 11) is 0. The second-order valence-corrected chi connectivity index (χ2v) is 7.42. The number of carbonyl (C=O) groups excluding carboxylic acids is 2. The van der Waals surface area contributed by atoms with Crippen LogP contribution >= 0.6 is 0 Å². The van der Waals surface area contributed by atoms with Crippen molar-refractivity contribution in [2.75, 3.05) is 24.5 Å². The van der Waals surface area contributed by atoms with E-state index in [0.29, 0.717) is 26.1 Å². The summed E-state index contributed by atoms with van der Waals surface area (Å²) in [6.07, 6.45) is 1.65. The van der Waals surface area contributed by atoms with Gasteiger partial charge in [0.05, 0.1) is 11.8 Å². The highest BCUT2D eigenvalue weighted by atomic mass is 16.4. The Morgan fingerprint density at radius 2 is 1.88 bits per heavy atom. The second kappa shape index (κ2) is 7.48. The third-order valence-electron chi connectivity index (χ3n) is 5.66. The summed E-state index contributed by atoms with van der Waals surface area (Å²) < 4.78 is 0.